The summed E-state index contributed by atoms with van der Waals surface area (Å²) in [5, 5.41) is 9.07. The van der Waals surface area contributed by atoms with Gasteiger partial charge < -0.3 is 10.0 Å². The number of carboxylic acid groups (broad SMARTS) is 1. The quantitative estimate of drug-likeness (QED) is 0.938. The smallest absolute Gasteiger partial charge is 0.335 e. The van der Waals surface area contributed by atoms with Gasteiger partial charge in [-0.3, -0.25) is 9.88 Å². The number of hydrogen-bond donors (Lipinski definition) is 1. The molecule has 0 atom stereocenters. The molecule has 0 amide bonds. The second-order valence-electron chi connectivity index (χ2n) is 6.02. The molecule has 0 unspecified atom stereocenters. The van der Waals surface area contributed by atoms with Crippen LogP contribution in [0.25, 0.3) is 11.3 Å². The molecule has 1 fully saturated rings. The first kappa shape index (κ1) is 15.6. The fourth-order valence-corrected chi connectivity index (χ4v) is 2.76. The maximum Gasteiger partial charge on any atom is 0.335 e. The van der Waals surface area contributed by atoms with E-state index in [0.717, 1.165) is 44.0 Å². The van der Waals surface area contributed by atoms with Crippen molar-refractivity contribution in [2.24, 2.45) is 0 Å². The largest absolute Gasteiger partial charge is 0.478 e. The van der Waals surface area contributed by atoms with Crippen LogP contribution in [0.1, 0.15) is 15.9 Å². The number of piperazine rings is 1. The van der Waals surface area contributed by atoms with Crippen molar-refractivity contribution >= 4 is 5.97 Å². The third kappa shape index (κ3) is 3.94. The van der Waals surface area contributed by atoms with E-state index in [2.05, 4.69) is 27.9 Å². The van der Waals surface area contributed by atoms with Crippen LogP contribution in [0.15, 0.2) is 42.6 Å². The molecule has 2 heterocycles. The van der Waals surface area contributed by atoms with Gasteiger partial charge in [0, 0.05) is 44.5 Å². The summed E-state index contributed by atoms with van der Waals surface area (Å²) in [7, 11) is 2.15. The van der Waals surface area contributed by atoms with Crippen LogP contribution in [-0.4, -0.2) is 59.1 Å². The molecule has 23 heavy (non-hydrogen) atoms. The van der Waals surface area contributed by atoms with E-state index >= 15 is 0 Å². The summed E-state index contributed by atoms with van der Waals surface area (Å²) in [5.74, 6) is -0.918. The number of benzene rings is 1. The molecule has 1 aliphatic rings. The first-order valence-electron chi connectivity index (χ1n) is 7.81. The third-order valence-corrected chi connectivity index (χ3v) is 4.23. The molecule has 0 saturated carbocycles. The van der Waals surface area contributed by atoms with Crippen molar-refractivity contribution in [3.05, 3.63) is 53.7 Å². The molecule has 5 heteroatoms. The molecule has 2 aromatic rings. The van der Waals surface area contributed by atoms with Gasteiger partial charge in [0.05, 0.1) is 11.3 Å². The number of likely N-dealkylation sites (N-methyl/N-ethyl adjacent to an activating group) is 1. The standard InChI is InChI=1S/C18H21N3O2/c1-20-7-9-21(10-8-20)13-14-5-6-17(19-12-14)15-3-2-4-16(11-15)18(22)23/h2-6,11-12H,7-10,13H2,1H3,(H,22,23). The van der Waals surface area contributed by atoms with Crippen LogP contribution in [0.3, 0.4) is 0 Å². The Kier molecular flexibility index (Phi) is 4.69. The van der Waals surface area contributed by atoms with Gasteiger partial charge in [0.1, 0.15) is 0 Å². The minimum Gasteiger partial charge on any atom is -0.478 e. The van der Waals surface area contributed by atoms with Crippen molar-refractivity contribution in [1.29, 1.82) is 0 Å². The van der Waals surface area contributed by atoms with Crippen molar-refractivity contribution in [2.45, 2.75) is 6.54 Å². The summed E-state index contributed by atoms with van der Waals surface area (Å²) in [6.45, 7) is 5.29. The molecular weight excluding hydrogens is 290 g/mol. The fraction of sp³-hybridized carbons (Fsp3) is 0.333. The number of rotatable bonds is 4. The highest BCUT2D eigenvalue weighted by Crippen LogP contribution is 2.19. The molecule has 1 aromatic carbocycles. The average Bonchev–Trinajstić information content (AvgIpc) is 2.58. The monoisotopic (exact) mass is 311 g/mol. The van der Waals surface area contributed by atoms with Crippen molar-refractivity contribution in [2.75, 3.05) is 33.2 Å². The van der Waals surface area contributed by atoms with E-state index in [0.29, 0.717) is 0 Å². The Labute approximate surface area is 136 Å². The van der Waals surface area contributed by atoms with Gasteiger partial charge in [-0.05, 0) is 30.8 Å². The zero-order valence-corrected chi connectivity index (χ0v) is 13.3. The van der Waals surface area contributed by atoms with E-state index in [-0.39, 0.29) is 5.56 Å². The molecule has 0 radical (unpaired) electrons. The molecule has 3 rings (SSSR count). The Hall–Kier alpha value is -2.24. The van der Waals surface area contributed by atoms with Crippen molar-refractivity contribution in [3.8, 4) is 11.3 Å². The lowest BCUT2D eigenvalue weighted by Gasteiger charge is -2.32. The van der Waals surface area contributed by atoms with Crippen LogP contribution in [0.4, 0.5) is 0 Å². The van der Waals surface area contributed by atoms with Crippen molar-refractivity contribution < 1.29 is 9.90 Å². The van der Waals surface area contributed by atoms with E-state index in [9.17, 15) is 4.79 Å². The number of nitrogens with zero attached hydrogens (tertiary/aromatic N) is 3. The third-order valence-electron chi connectivity index (χ3n) is 4.23. The lowest BCUT2D eigenvalue weighted by atomic mass is 10.1. The van der Waals surface area contributed by atoms with Crippen molar-refractivity contribution in [1.82, 2.24) is 14.8 Å². The second-order valence-corrected chi connectivity index (χ2v) is 6.02. The van der Waals surface area contributed by atoms with Crippen LogP contribution in [0.2, 0.25) is 0 Å². The molecule has 0 spiro atoms. The summed E-state index contributed by atoms with van der Waals surface area (Å²) in [6, 6.07) is 10.9. The number of carboxylic acids is 1. The Bertz CT molecular complexity index is 677. The van der Waals surface area contributed by atoms with E-state index < -0.39 is 5.97 Å². The van der Waals surface area contributed by atoms with Gasteiger partial charge in [-0.15, -0.1) is 0 Å². The molecule has 0 bridgehead atoms. The van der Waals surface area contributed by atoms with Crippen LogP contribution in [-0.2, 0) is 6.54 Å². The van der Waals surface area contributed by atoms with Crippen LogP contribution in [0.5, 0.6) is 0 Å². The molecule has 0 aliphatic carbocycles. The lowest BCUT2D eigenvalue weighted by Crippen LogP contribution is -2.43. The van der Waals surface area contributed by atoms with Crippen LogP contribution < -0.4 is 0 Å². The zero-order chi connectivity index (χ0) is 16.2. The van der Waals surface area contributed by atoms with Crippen LogP contribution in [0, 0.1) is 0 Å². The number of carbonyl (C=O) groups is 1. The Morgan fingerprint density at radius 1 is 1.17 bits per heavy atom. The summed E-state index contributed by atoms with van der Waals surface area (Å²) in [6.07, 6.45) is 1.89. The molecule has 1 aliphatic heterocycles. The maximum atomic E-state index is 11.1. The number of aromatic nitrogens is 1. The molecule has 1 saturated heterocycles. The Morgan fingerprint density at radius 2 is 1.96 bits per heavy atom. The van der Waals surface area contributed by atoms with E-state index in [1.54, 1.807) is 18.2 Å². The van der Waals surface area contributed by atoms with Gasteiger partial charge >= 0.3 is 5.97 Å². The summed E-state index contributed by atoms with van der Waals surface area (Å²) in [5.41, 5.74) is 3.10. The number of aromatic carboxylic acids is 1. The maximum absolute atomic E-state index is 11.1. The molecule has 5 nitrogen and oxygen atoms in total. The highest BCUT2D eigenvalue weighted by molar-refractivity contribution is 5.89. The minimum absolute atomic E-state index is 0.283. The Morgan fingerprint density at radius 3 is 2.61 bits per heavy atom. The first-order chi connectivity index (χ1) is 11.1. The van der Waals surface area contributed by atoms with Crippen molar-refractivity contribution in [3.63, 3.8) is 0 Å². The number of hydrogen-bond acceptors (Lipinski definition) is 4. The van der Waals surface area contributed by atoms with E-state index in [4.69, 9.17) is 5.11 Å². The van der Waals surface area contributed by atoms with Gasteiger partial charge in [-0.25, -0.2) is 4.79 Å². The first-order valence-corrected chi connectivity index (χ1v) is 7.81. The highest BCUT2D eigenvalue weighted by Gasteiger charge is 2.14. The van der Waals surface area contributed by atoms with Gasteiger partial charge in [0.2, 0.25) is 0 Å². The van der Waals surface area contributed by atoms with Gasteiger partial charge in [-0.2, -0.15) is 0 Å². The zero-order valence-electron chi connectivity index (χ0n) is 13.3. The average molecular weight is 311 g/mol. The fourth-order valence-electron chi connectivity index (χ4n) is 2.76. The van der Waals surface area contributed by atoms with Gasteiger partial charge in [0.25, 0.3) is 0 Å². The van der Waals surface area contributed by atoms with E-state index in [1.807, 2.05) is 18.3 Å². The lowest BCUT2D eigenvalue weighted by molar-refractivity contribution is 0.0697. The molecule has 1 aromatic heterocycles. The predicted octanol–water partition coefficient (Wildman–Crippen LogP) is 2.19. The summed E-state index contributed by atoms with van der Waals surface area (Å²) in [4.78, 5) is 20.3. The second kappa shape index (κ2) is 6.89. The molecule has 120 valence electrons. The van der Waals surface area contributed by atoms with Gasteiger partial charge in [-0.1, -0.05) is 18.2 Å². The Balaban J connectivity index is 1.69. The minimum atomic E-state index is -0.918. The SMILES string of the molecule is CN1CCN(Cc2ccc(-c3cccc(C(=O)O)c3)nc2)CC1. The highest BCUT2D eigenvalue weighted by atomic mass is 16.4. The molecular formula is C18H21N3O2. The van der Waals surface area contributed by atoms with Gasteiger partial charge in [0.15, 0.2) is 0 Å². The number of pyridine rings is 1. The molecule has 1 N–H and O–H groups in total. The van der Waals surface area contributed by atoms with E-state index in [1.165, 1.54) is 5.56 Å². The predicted molar refractivity (Wildman–Crippen MR) is 89.4 cm³/mol. The van der Waals surface area contributed by atoms with Crippen LogP contribution >= 0.6 is 0 Å². The topological polar surface area (TPSA) is 56.7 Å². The summed E-state index contributed by atoms with van der Waals surface area (Å²) < 4.78 is 0. The summed E-state index contributed by atoms with van der Waals surface area (Å²) >= 11 is 0. The normalized spacial score (nSPS) is 16.4.